The first-order valence-corrected chi connectivity index (χ1v) is 4.78. The van der Waals surface area contributed by atoms with E-state index in [4.69, 9.17) is 0 Å². The molecule has 0 radical (unpaired) electrons. The zero-order valence-electron chi connectivity index (χ0n) is 8.72. The molecule has 0 aliphatic carbocycles. The predicted molar refractivity (Wildman–Crippen MR) is 51.8 cm³/mol. The van der Waals surface area contributed by atoms with Crippen LogP contribution in [0.3, 0.4) is 0 Å². The van der Waals surface area contributed by atoms with Gasteiger partial charge in [0.2, 0.25) is 0 Å². The van der Waals surface area contributed by atoms with Crippen molar-refractivity contribution < 1.29 is 0 Å². The minimum absolute atomic E-state index is 0.752. The van der Waals surface area contributed by atoms with Gasteiger partial charge in [-0.3, -0.25) is 0 Å². The second kappa shape index (κ2) is 5.59. The molecule has 0 rings (SSSR count). The summed E-state index contributed by atoms with van der Waals surface area (Å²) in [5.41, 5.74) is 0. The molecular formula is C10H23N. The van der Waals surface area contributed by atoms with Crippen LogP contribution >= 0.6 is 0 Å². The molecule has 0 aliphatic heterocycles. The van der Waals surface area contributed by atoms with Crippen LogP contribution < -0.4 is 0 Å². The summed E-state index contributed by atoms with van der Waals surface area (Å²) in [5, 5.41) is 0. The molecule has 0 aliphatic rings. The largest absolute Gasteiger partial charge is 0.303 e. The lowest BCUT2D eigenvalue weighted by atomic mass is 10.1. The summed E-state index contributed by atoms with van der Waals surface area (Å²) in [6.45, 7) is 10.3. The van der Waals surface area contributed by atoms with Crippen molar-refractivity contribution in [1.82, 2.24) is 4.90 Å². The summed E-state index contributed by atoms with van der Waals surface area (Å²) in [4.78, 5) is 2.45. The van der Waals surface area contributed by atoms with E-state index in [1.807, 2.05) is 0 Å². The summed E-state index contributed by atoms with van der Waals surface area (Å²) >= 11 is 0. The smallest absolute Gasteiger partial charge is 0.00638 e. The number of rotatable bonds is 5. The quantitative estimate of drug-likeness (QED) is 0.593. The van der Waals surface area contributed by atoms with Gasteiger partial charge in [0.05, 0.1) is 0 Å². The maximum atomic E-state index is 2.45. The fourth-order valence-corrected chi connectivity index (χ4v) is 1.39. The first-order valence-electron chi connectivity index (χ1n) is 4.78. The minimum Gasteiger partial charge on any atom is -0.303 e. The van der Waals surface area contributed by atoms with Crippen molar-refractivity contribution in [3.8, 4) is 0 Å². The van der Waals surface area contributed by atoms with E-state index in [0.717, 1.165) is 12.0 Å². The Kier molecular flexibility index (Phi) is 5.57. The molecule has 0 amide bonds. The van der Waals surface area contributed by atoms with Crippen molar-refractivity contribution in [2.24, 2.45) is 5.92 Å². The van der Waals surface area contributed by atoms with Gasteiger partial charge >= 0.3 is 0 Å². The predicted octanol–water partition coefficient (Wildman–Crippen LogP) is 2.76. The van der Waals surface area contributed by atoms with Crippen LogP contribution in [0.15, 0.2) is 0 Å². The fourth-order valence-electron chi connectivity index (χ4n) is 1.39. The van der Waals surface area contributed by atoms with E-state index in [-0.39, 0.29) is 0 Å². The Labute approximate surface area is 71.8 Å². The lowest BCUT2D eigenvalue weighted by Crippen LogP contribution is -2.32. The van der Waals surface area contributed by atoms with Crippen LogP contribution in [-0.2, 0) is 0 Å². The lowest BCUT2D eigenvalue weighted by Gasteiger charge is -2.25. The van der Waals surface area contributed by atoms with Gasteiger partial charge in [-0.2, -0.15) is 0 Å². The van der Waals surface area contributed by atoms with E-state index in [1.165, 1.54) is 19.4 Å². The first-order chi connectivity index (χ1) is 5.07. The van der Waals surface area contributed by atoms with Crippen molar-refractivity contribution in [1.29, 1.82) is 0 Å². The van der Waals surface area contributed by atoms with E-state index < -0.39 is 0 Å². The Balaban J connectivity index is 3.54. The van der Waals surface area contributed by atoms with Gasteiger partial charge in [0, 0.05) is 12.6 Å². The number of hydrogen-bond acceptors (Lipinski definition) is 1. The topological polar surface area (TPSA) is 3.24 Å². The molecule has 1 atom stereocenters. The highest BCUT2D eigenvalue weighted by Crippen LogP contribution is 2.06. The van der Waals surface area contributed by atoms with Crippen LogP contribution in [0.25, 0.3) is 0 Å². The minimum atomic E-state index is 0.752. The molecule has 1 heteroatoms. The van der Waals surface area contributed by atoms with Crippen LogP contribution in [0.4, 0.5) is 0 Å². The third-order valence-electron chi connectivity index (χ3n) is 2.11. The van der Waals surface area contributed by atoms with Crippen LogP contribution in [0.1, 0.15) is 40.5 Å². The van der Waals surface area contributed by atoms with Gasteiger partial charge in [-0.1, -0.05) is 27.2 Å². The molecule has 0 fully saturated rings. The normalized spacial score (nSPS) is 14.5. The Hall–Kier alpha value is -0.0400. The molecule has 0 heterocycles. The molecule has 1 nitrogen and oxygen atoms in total. The second-order valence-corrected chi connectivity index (χ2v) is 3.97. The van der Waals surface area contributed by atoms with Crippen molar-refractivity contribution in [3.05, 3.63) is 0 Å². The van der Waals surface area contributed by atoms with E-state index in [1.54, 1.807) is 0 Å². The van der Waals surface area contributed by atoms with Crippen molar-refractivity contribution in [2.45, 2.75) is 46.6 Å². The molecule has 0 N–H and O–H groups in total. The fraction of sp³-hybridized carbons (Fsp3) is 1.00. The summed E-state index contributed by atoms with van der Waals surface area (Å²) < 4.78 is 0. The third kappa shape index (κ3) is 5.25. The number of hydrogen-bond donors (Lipinski definition) is 0. The Morgan fingerprint density at radius 3 is 2.09 bits per heavy atom. The molecule has 68 valence electrons. The maximum Gasteiger partial charge on any atom is 0.00638 e. The van der Waals surface area contributed by atoms with Gasteiger partial charge in [0.15, 0.2) is 0 Å². The monoisotopic (exact) mass is 157 g/mol. The average molecular weight is 157 g/mol. The Bertz CT molecular complexity index is 88.9. The lowest BCUT2D eigenvalue weighted by molar-refractivity contribution is 0.220. The zero-order valence-corrected chi connectivity index (χ0v) is 8.72. The summed E-state index contributed by atoms with van der Waals surface area (Å²) in [6, 6.07) is 0.752. The standard InChI is InChI=1S/C10H23N/c1-6-7-10(4)11(5)8-9(2)3/h9-10H,6-8H2,1-5H3. The molecular weight excluding hydrogens is 134 g/mol. The molecule has 0 aromatic rings. The van der Waals surface area contributed by atoms with Gasteiger partial charge < -0.3 is 4.90 Å². The zero-order chi connectivity index (χ0) is 8.85. The van der Waals surface area contributed by atoms with Crippen LogP contribution in [0, 0.1) is 5.92 Å². The second-order valence-electron chi connectivity index (χ2n) is 3.97. The van der Waals surface area contributed by atoms with Gasteiger partial charge in [0.25, 0.3) is 0 Å². The summed E-state index contributed by atoms with van der Waals surface area (Å²) in [6.07, 6.45) is 2.62. The first kappa shape index (κ1) is 11.0. The highest BCUT2D eigenvalue weighted by atomic mass is 15.1. The third-order valence-corrected chi connectivity index (χ3v) is 2.11. The van der Waals surface area contributed by atoms with Crippen molar-refractivity contribution >= 4 is 0 Å². The molecule has 0 saturated carbocycles. The molecule has 11 heavy (non-hydrogen) atoms. The van der Waals surface area contributed by atoms with E-state index in [0.29, 0.717) is 0 Å². The highest BCUT2D eigenvalue weighted by molar-refractivity contribution is 4.63. The SMILES string of the molecule is CCCC(C)N(C)CC(C)C. The molecule has 0 aromatic carbocycles. The molecule has 0 saturated heterocycles. The van der Waals surface area contributed by atoms with Crippen molar-refractivity contribution in [3.63, 3.8) is 0 Å². The van der Waals surface area contributed by atoms with Crippen LogP contribution in [0.5, 0.6) is 0 Å². The average Bonchev–Trinajstić information content (AvgIpc) is 1.86. The highest BCUT2D eigenvalue weighted by Gasteiger charge is 2.08. The van der Waals surface area contributed by atoms with E-state index in [9.17, 15) is 0 Å². The van der Waals surface area contributed by atoms with E-state index >= 15 is 0 Å². The van der Waals surface area contributed by atoms with Gasteiger partial charge in [0.1, 0.15) is 0 Å². The van der Waals surface area contributed by atoms with Crippen LogP contribution in [0.2, 0.25) is 0 Å². The molecule has 0 aromatic heterocycles. The summed E-state index contributed by atoms with van der Waals surface area (Å²) in [5.74, 6) is 0.791. The van der Waals surface area contributed by atoms with Gasteiger partial charge in [-0.15, -0.1) is 0 Å². The van der Waals surface area contributed by atoms with E-state index in [2.05, 4.69) is 39.6 Å². The maximum absolute atomic E-state index is 2.45. The summed E-state index contributed by atoms with van der Waals surface area (Å²) in [7, 11) is 2.22. The molecule has 0 bridgehead atoms. The Morgan fingerprint density at radius 1 is 1.18 bits per heavy atom. The molecule has 0 spiro atoms. The molecule has 1 unspecified atom stereocenters. The number of nitrogens with zero attached hydrogens (tertiary/aromatic N) is 1. The Morgan fingerprint density at radius 2 is 1.73 bits per heavy atom. The van der Waals surface area contributed by atoms with Crippen molar-refractivity contribution in [2.75, 3.05) is 13.6 Å². The van der Waals surface area contributed by atoms with Crippen LogP contribution in [-0.4, -0.2) is 24.5 Å². The van der Waals surface area contributed by atoms with Gasteiger partial charge in [-0.25, -0.2) is 0 Å². The van der Waals surface area contributed by atoms with Gasteiger partial charge in [-0.05, 0) is 26.3 Å².